The Morgan fingerprint density at radius 3 is 2.64 bits per heavy atom. The van der Waals surface area contributed by atoms with Gasteiger partial charge >= 0.3 is 6.09 Å². The summed E-state index contributed by atoms with van der Waals surface area (Å²) in [4.78, 5) is 24.7. The van der Waals surface area contributed by atoms with Crippen LogP contribution < -0.4 is 10.9 Å². The SMILES string of the molecule is COC(=O)NNC(=O)c1[nH]ccc1C. The summed E-state index contributed by atoms with van der Waals surface area (Å²) in [7, 11) is 1.21. The van der Waals surface area contributed by atoms with E-state index in [9.17, 15) is 9.59 Å². The molecule has 0 aliphatic heterocycles. The highest BCUT2D eigenvalue weighted by molar-refractivity contribution is 5.94. The zero-order valence-corrected chi connectivity index (χ0v) is 7.88. The third-order valence-corrected chi connectivity index (χ3v) is 1.65. The van der Waals surface area contributed by atoms with Gasteiger partial charge in [-0.3, -0.25) is 10.2 Å². The number of amides is 2. The van der Waals surface area contributed by atoms with E-state index in [0.717, 1.165) is 5.56 Å². The molecule has 0 radical (unpaired) electrons. The lowest BCUT2D eigenvalue weighted by Gasteiger charge is -2.04. The molecule has 14 heavy (non-hydrogen) atoms. The Balaban J connectivity index is 2.52. The van der Waals surface area contributed by atoms with Gasteiger partial charge in [-0.15, -0.1) is 0 Å². The minimum absolute atomic E-state index is 0.404. The van der Waals surface area contributed by atoms with Gasteiger partial charge in [-0.25, -0.2) is 10.2 Å². The van der Waals surface area contributed by atoms with Crippen LogP contribution in [0, 0.1) is 6.92 Å². The van der Waals surface area contributed by atoms with E-state index in [4.69, 9.17) is 0 Å². The van der Waals surface area contributed by atoms with Crippen molar-refractivity contribution in [3.63, 3.8) is 0 Å². The topological polar surface area (TPSA) is 83.2 Å². The fraction of sp³-hybridized carbons (Fsp3) is 0.250. The average Bonchev–Trinajstić information content (AvgIpc) is 2.60. The standard InChI is InChI=1S/C8H11N3O3/c1-5-3-4-9-6(5)7(12)10-11-8(13)14-2/h3-4,9H,1-2H3,(H,10,12)(H,11,13). The number of aromatic nitrogens is 1. The first-order valence-corrected chi connectivity index (χ1v) is 3.93. The van der Waals surface area contributed by atoms with Crippen molar-refractivity contribution in [2.75, 3.05) is 7.11 Å². The Hall–Kier alpha value is -1.98. The first-order valence-electron chi connectivity index (χ1n) is 3.93. The molecule has 0 bridgehead atoms. The lowest BCUT2D eigenvalue weighted by molar-refractivity contribution is 0.0915. The summed E-state index contributed by atoms with van der Waals surface area (Å²) in [6.07, 6.45) is 0.921. The van der Waals surface area contributed by atoms with Crippen LogP contribution in [0.2, 0.25) is 0 Å². The van der Waals surface area contributed by atoms with Gasteiger partial charge in [-0.05, 0) is 18.6 Å². The molecule has 6 nitrogen and oxygen atoms in total. The van der Waals surface area contributed by atoms with Gasteiger partial charge in [0.1, 0.15) is 5.69 Å². The van der Waals surface area contributed by atoms with Crippen LogP contribution in [-0.4, -0.2) is 24.1 Å². The number of carbonyl (C=O) groups is 2. The highest BCUT2D eigenvalue weighted by atomic mass is 16.5. The van der Waals surface area contributed by atoms with Gasteiger partial charge in [0.25, 0.3) is 5.91 Å². The van der Waals surface area contributed by atoms with Gasteiger partial charge in [-0.1, -0.05) is 0 Å². The second kappa shape index (κ2) is 4.31. The van der Waals surface area contributed by atoms with Crippen LogP contribution in [0.15, 0.2) is 12.3 Å². The normalized spacial score (nSPS) is 9.29. The number of aromatic amines is 1. The third-order valence-electron chi connectivity index (χ3n) is 1.65. The molecule has 2 amide bonds. The molecular formula is C8H11N3O3. The monoisotopic (exact) mass is 197 g/mol. The van der Waals surface area contributed by atoms with Crippen molar-refractivity contribution in [3.05, 3.63) is 23.5 Å². The summed E-state index contributed by atoms with van der Waals surface area (Å²) in [5, 5.41) is 0. The number of hydrogen-bond donors (Lipinski definition) is 3. The molecule has 0 aliphatic rings. The van der Waals surface area contributed by atoms with Crippen molar-refractivity contribution >= 4 is 12.0 Å². The number of nitrogens with one attached hydrogen (secondary N) is 3. The molecule has 0 saturated heterocycles. The van der Waals surface area contributed by atoms with Crippen molar-refractivity contribution in [2.24, 2.45) is 0 Å². The molecule has 1 aromatic heterocycles. The Kier molecular flexibility index (Phi) is 3.11. The van der Waals surface area contributed by atoms with E-state index in [1.54, 1.807) is 19.2 Å². The Morgan fingerprint density at radius 2 is 2.14 bits per heavy atom. The minimum atomic E-state index is -0.720. The van der Waals surface area contributed by atoms with E-state index in [2.05, 4.69) is 20.6 Å². The van der Waals surface area contributed by atoms with Crippen molar-refractivity contribution in [2.45, 2.75) is 6.92 Å². The zero-order valence-electron chi connectivity index (χ0n) is 7.88. The fourth-order valence-corrected chi connectivity index (χ4v) is 0.913. The first-order chi connectivity index (χ1) is 6.65. The smallest absolute Gasteiger partial charge is 0.425 e. The van der Waals surface area contributed by atoms with Gasteiger partial charge in [0.05, 0.1) is 7.11 Å². The largest absolute Gasteiger partial charge is 0.452 e. The molecule has 0 atom stereocenters. The van der Waals surface area contributed by atoms with Crippen LogP contribution in [0.4, 0.5) is 4.79 Å². The van der Waals surface area contributed by atoms with E-state index >= 15 is 0 Å². The lowest BCUT2D eigenvalue weighted by Crippen LogP contribution is -2.41. The lowest BCUT2D eigenvalue weighted by atomic mass is 10.3. The van der Waals surface area contributed by atoms with Gasteiger partial charge in [0.15, 0.2) is 0 Å². The van der Waals surface area contributed by atoms with Gasteiger partial charge in [-0.2, -0.15) is 0 Å². The van der Waals surface area contributed by atoms with Crippen molar-refractivity contribution in [3.8, 4) is 0 Å². The molecule has 1 heterocycles. The minimum Gasteiger partial charge on any atom is -0.452 e. The molecule has 3 N–H and O–H groups in total. The second-order valence-electron chi connectivity index (χ2n) is 2.61. The van der Waals surface area contributed by atoms with E-state index in [-0.39, 0.29) is 0 Å². The number of carbonyl (C=O) groups excluding carboxylic acids is 2. The maximum absolute atomic E-state index is 11.3. The average molecular weight is 197 g/mol. The van der Waals surface area contributed by atoms with E-state index in [0.29, 0.717) is 5.69 Å². The third kappa shape index (κ3) is 2.25. The van der Waals surface area contributed by atoms with Crippen LogP contribution in [0.25, 0.3) is 0 Å². The number of methoxy groups -OCH3 is 1. The predicted molar refractivity (Wildman–Crippen MR) is 48.5 cm³/mol. The van der Waals surface area contributed by atoms with Crippen LogP contribution >= 0.6 is 0 Å². The Labute approximate surface area is 80.6 Å². The van der Waals surface area contributed by atoms with E-state index < -0.39 is 12.0 Å². The fourth-order valence-electron chi connectivity index (χ4n) is 0.913. The maximum atomic E-state index is 11.3. The van der Waals surface area contributed by atoms with E-state index in [1.807, 2.05) is 0 Å². The molecule has 6 heteroatoms. The van der Waals surface area contributed by atoms with E-state index in [1.165, 1.54) is 7.11 Å². The zero-order chi connectivity index (χ0) is 10.6. The number of aryl methyl sites for hydroxylation is 1. The predicted octanol–water partition coefficient (Wildman–Crippen LogP) is 0.324. The molecular weight excluding hydrogens is 186 g/mol. The molecule has 76 valence electrons. The molecule has 0 aliphatic carbocycles. The molecule has 0 fully saturated rings. The van der Waals surface area contributed by atoms with Crippen LogP contribution in [0.5, 0.6) is 0 Å². The molecule has 0 spiro atoms. The number of rotatable bonds is 1. The summed E-state index contributed by atoms with van der Waals surface area (Å²) in [6.45, 7) is 1.78. The number of ether oxygens (including phenoxy) is 1. The van der Waals surface area contributed by atoms with Crippen LogP contribution in [0.3, 0.4) is 0 Å². The molecule has 1 rings (SSSR count). The Morgan fingerprint density at radius 1 is 1.43 bits per heavy atom. The summed E-state index contributed by atoms with van der Waals surface area (Å²) in [5.41, 5.74) is 5.45. The molecule has 0 unspecified atom stereocenters. The van der Waals surface area contributed by atoms with Gasteiger partial charge < -0.3 is 9.72 Å². The van der Waals surface area contributed by atoms with Gasteiger partial charge in [0.2, 0.25) is 0 Å². The maximum Gasteiger partial charge on any atom is 0.425 e. The number of hydrazine groups is 1. The summed E-state index contributed by atoms with van der Waals surface area (Å²) >= 11 is 0. The number of H-pyrrole nitrogens is 1. The molecule has 1 aromatic rings. The van der Waals surface area contributed by atoms with Crippen molar-refractivity contribution < 1.29 is 14.3 Å². The highest BCUT2D eigenvalue weighted by Gasteiger charge is 2.10. The molecule has 0 saturated carbocycles. The quantitative estimate of drug-likeness (QED) is 0.567. The van der Waals surface area contributed by atoms with Crippen molar-refractivity contribution in [1.82, 2.24) is 15.8 Å². The summed E-state index contributed by atoms with van der Waals surface area (Å²) in [5.74, 6) is -0.419. The first kappa shape index (κ1) is 10.1. The number of hydrogen-bond acceptors (Lipinski definition) is 3. The molecule has 0 aromatic carbocycles. The summed E-state index contributed by atoms with van der Waals surface area (Å²) < 4.78 is 4.27. The summed E-state index contributed by atoms with van der Waals surface area (Å²) in [6, 6.07) is 1.76. The highest BCUT2D eigenvalue weighted by Crippen LogP contribution is 2.02. The Bertz CT molecular complexity index is 345. The van der Waals surface area contributed by atoms with Crippen LogP contribution in [0.1, 0.15) is 16.1 Å². The van der Waals surface area contributed by atoms with Crippen molar-refractivity contribution in [1.29, 1.82) is 0 Å². The second-order valence-corrected chi connectivity index (χ2v) is 2.61. The van der Waals surface area contributed by atoms with Gasteiger partial charge in [0, 0.05) is 6.20 Å². The van der Waals surface area contributed by atoms with Crippen LogP contribution in [-0.2, 0) is 4.74 Å².